The molecule has 134 valence electrons. The number of methoxy groups -OCH3 is 2. The normalized spacial score (nSPS) is 23.0. The first-order valence-electron chi connectivity index (χ1n) is 8.93. The van der Waals surface area contributed by atoms with E-state index in [0.29, 0.717) is 17.4 Å². The zero-order valence-electron chi connectivity index (χ0n) is 15.3. The summed E-state index contributed by atoms with van der Waals surface area (Å²) in [6.45, 7) is 1.99. The largest absolute Gasteiger partial charge is 0.497 e. The number of carbonyl (C=O) groups excluding carboxylic acids is 1. The molecule has 0 saturated heterocycles. The fourth-order valence-electron chi connectivity index (χ4n) is 4.31. The summed E-state index contributed by atoms with van der Waals surface area (Å²) < 4.78 is 10.4. The summed E-state index contributed by atoms with van der Waals surface area (Å²) in [7, 11) is 3.11. The van der Waals surface area contributed by atoms with Crippen LogP contribution in [-0.4, -0.2) is 20.2 Å². The van der Waals surface area contributed by atoms with Gasteiger partial charge in [0, 0.05) is 11.6 Å². The lowest BCUT2D eigenvalue weighted by molar-refractivity contribution is 0.0600. The number of fused-ring (bicyclic) bond motifs is 3. The minimum absolute atomic E-state index is 0.171. The molecule has 0 spiro atoms. The monoisotopic (exact) mass is 349 g/mol. The van der Waals surface area contributed by atoms with Gasteiger partial charge in [-0.25, -0.2) is 4.79 Å². The molecule has 0 unspecified atom stereocenters. The number of rotatable bonds is 3. The predicted octanol–water partition coefficient (Wildman–Crippen LogP) is 4.62. The molecule has 2 aromatic rings. The van der Waals surface area contributed by atoms with E-state index in [-0.39, 0.29) is 12.0 Å². The second-order valence-electron chi connectivity index (χ2n) is 6.95. The van der Waals surface area contributed by atoms with Gasteiger partial charge in [-0.05, 0) is 54.2 Å². The van der Waals surface area contributed by atoms with Crippen LogP contribution in [0, 0.1) is 12.8 Å². The first kappa shape index (κ1) is 16.7. The van der Waals surface area contributed by atoms with Crippen molar-refractivity contribution in [3.63, 3.8) is 0 Å². The Morgan fingerprint density at radius 1 is 1.19 bits per heavy atom. The lowest BCUT2D eigenvalue weighted by Crippen LogP contribution is -2.30. The van der Waals surface area contributed by atoms with E-state index >= 15 is 0 Å². The number of esters is 1. The third kappa shape index (κ3) is 2.57. The fraction of sp³-hybridized carbons (Fsp3) is 0.318. The highest BCUT2D eigenvalue weighted by Crippen LogP contribution is 2.51. The van der Waals surface area contributed by atoms with Gasteiger partial charge < -0.3 is 14.8 Å². The fourth-order valence-corrected chi connectivity index (χ4v) is 4.31. The zero-order valence-corrected chi connectivity index (χ0v) is 15.3. The Balaban J connectivity index is 1.81. The van der Waals surface area contributed by atoms with Gasteiger partial charge >= 0.3 is 5.97 Å². The summed E-state index contributed by atoms with van der Waals surface area (Å²) in [5.74, 6) is 1.37. The van der Waals surface area contributed by atoms with E-state index in [2.05, 4.69) is 35.7 Å². The maximum absolute atomic E-state index is 12.1. The topological polar surface area (TPSA) is 47.6 Å². The highest BCUT2D eigenvalue weighted by molar-refractivity contribution is 5.93. The number of anilines is 1. The van der Waals surface area contributed by atoms with E-state index < -0.39 is 0 Å². The number of hydrogen-bond acceptors (Lipinski definition) is 4. The van der Waals surface area contributed by atoms with Crippen LogP contribution in [0.15, 0.2) is 48.6 Å². The third-order valence-corrected chi connectivity index (χ3v) is 5.66. The van der Waals surface area contributed by atoms with Crippen molar-refractivity contribution in [2.24, 2.45) is 5.92 Å². The molecule has 0 bridgehead atoms. The Bertz CT molecular complexity index is 887. The Morgan fingerprint density at radius 3 is 2.81 bits per heavy atom. The Morgan fingerprint density at radius 2 is 2.04 bits per heavy atom. The summed E-state index contributed by atoms with van der Waals surface area (Å²) in [4.78, 5) is 12.1. The van der Waals surface area contributed by atoms with Gasteiger partial charge in [0.1, 0.15) is 5.75 Å². The van der Waals surface area contributed by atoms with E-state index in [1.165, 1.54) is 18.2 Å². The molecule has 0 radical (unpaired) electrons. The molecule has 2 aromatic carbocycles. The first-order valence-corrected chi connectivity index (χ1v) is 8.93. The van der Waals surface area contributed by atoms with Crippen molar-refractivity contribution in [3.05, 3.63) is 70.8 Å². The highest BCUT2D eigenvalue weighted by atomic mass is 16.5. The molecular weight excluding hydrogens is 326 g/mol. The Kier molecular flexibility index (Phi) is 4.19. The molecule has 0 aromatic heterocycles. The van der Waals surface area contributed by atoms with Crippen LogP contribution >= 0.6 is 0 Å². The van der Waals surface area contributed by atoms with E-state index in [9.17, 15) is 4.79 Å². The van der Waals surface area contributed by atoms with Crippen LogP contribution in [0.5, 0.6) is 5.75 Å². The Hall–Kier alpha value is -2.75. The molecule has 3 atom stereocenters. The summed E-state index contributed by atoms with van der Waals surface area (Å²) in [5.41, 5.74) is 5.07. The number of allylic oxidation sites excluding steroid dienone is 2. The van der Waals surface area contributed by atoms with Crippen molar-refractivity contribution in [3.8, 4) is 5.75 Å². The summed E-state index contributed by atoms with van der Waals surface area (Å²) >= 11 is 0. The van der Waals surface area contributed by atoms with E-state index in [4.69, 9.17) is 9.47 Å². The molecule has 26 heavy (non-hydrogen) atoms. The summed E-state index contributed by atoms with van der Waals surface area (Å²) in [6, 6.07) is 12.3. The van der Waals surface area contributed by atoms with Gasteiger partial charge in [-0.2, -0.15) is 0 Å². The van der Waals surface area contributed by atoms with Crippen molar-refractivity contribution in [2.45, 2.75) is 25.3 Å². The molecule has 1 heterocycles. The molecule has 1 aliphatic carbocycles. The molecule has 4 heteroatoms. The lowest BCUT2D eigenvalue weighted by atomic mass is 9.76. The molecule has 1 aliphatic heterocycles. The van der Waals surface area contributed by atoms with Gasteiger partial charge in [0.05, 0.1) is 25.8 Å². The summed E-state index contributed by atoms with van der Waals surface area (Å²) in [6.07, 6.45) is 5.61. The molecule has 0 saturated carbocycles. The van der Waals surface area contributed by atoms with Crippen LogP contribution in [-0.2, 0) is 4.74 Å². The predicted molar refractivity (Wildman–Crippen MR) is 102 cm³/mol. The van der Waals surface area contributed by atoms with E-state index in [0.717, 1.165) is 23.4 Å². The average Bonchev–Trinajstić information content (AvgIpc) is 3.17. The molecule has 4 nitrogen and oxygen atoms in total. The van der Waals surface area contributed by atoms with Crippen molar-refractivity contribution in [1.82, 2.24) is 0 Å². The second-order valence-corrected chi connectivity index (χ2v) is 6.95. The molecule has 0 amide bonds. The smallest absolute Gasteiger partial charge is 0.338 e. The van der Waals surface area contributed by atoms with Crippen LogP contribution in [0.1, 0.15) is 45.4 Å². The maximum atomic E-state index is 12.1. The van der Waals surface area contributed by atoms with Crippen LogP contribution in [0.4, 0.5) is 5.69 Å². The number of nitrogens with one attached hydrogen (secondary N) is 1. The number of carbonyl (C=O) groups is 1. The first-order chi connectivity index (χ1) is 12.6. The van der Waals surface area contributed by atoms with Crippen LogP contribution in [0.25, 0.3) is 0 Å². The third-order valence-electron chi connectivity index (χ3n) is 5.66. The second kappa shape index (κ2) is 6.52. The van der Waals surface area contributed by atoms with Crippen molar-refractivity contribution >= 4 is 11.7 Å². The van der Waals surface area contributed by atoms with Gasteiger partial charge in [-0.3, -0.25) is 0 Å². The molecule has 2 aliphatic rings. The van der Waals surface area contributed by atoms with Crippen molar-refractivity contribution in [1.29, 1.82) is 0 Å². The molecule has 1 N–H and O–H groups in total. The highest BCUT2D eigenvalue weighted by Gasteiger charge is 2.39. The quantitative estimate of drug-likeness (QED) is 0.649. The van der Waals surface area contributed by atoms with Gasteiger partial charge in [-0.1, -0.05) is 30.4 Å². The van der Waals surface area contributed by atoms with E-state index in [1.54, 1.807) is 7.11 Å². The SMILES string of the molecule is COC(=O)c1ccc2c(c1C)N[C@H](c1cccc(OC)c1)[C@H]1CC=C[C@@H]21. The zero-order chi connectivity index (χ0) is 18.3. The molecule has 4 rings (SSSR count). The van der Waals surface area contributed by atoms with E-state index in [1.807, 2.05) is 25.1 Å². The molecule has 0 fully saturated rings. The van der Waals surface area contributed by atoms with Gasteiger partial charge in [0.25, 0.3) is 0 Å². The van der Waals surface area contributed by atoms with Gasteiger partial charge in [0.2, 0.25) is 0 Å². The van der Waals surface area contributed by atoms with Crippen LogP contribution in [0.2, 0.25) is 0 Å². The standard InChI is InChI=1S/C22H23NO3/c1-13-16(22(24)26-3)10-11-19-17-8-5-9-18(17)21(23-20(13)19)14-6-4-7-15(12-14)25-2/h4-8,10-12,17-18,21,23H,9H2,1-3H3/t17-,18+,21-/m1/s1. The van der Waals surface area contributed by atoms with Crippen molar-refractivity contribution < 1.29 is 14.3 Å². The minimum atomic E-state index is -0.297. The van der Waals surface area contributed by atoms with Gasteiger partial charge in [0.15, 0.2) is 0 Å². The molecular formula is C22H23NO3. The number of benzene rings is 2. The number of hydrogen-bond donors (Lipinski definition) is 1. The summed E-state index contributed by atoms with van der Waals surface area (Å²) in [5, 5.41) is 3.72. The lowest BCUT2D eigenvalue weighted by Gasteiger charge is -2.38. The number of ether oxygens (including phenoxy) is 2. The minimum Gasteiger partial charge on any atom is -0.497 e. The van der Waals surface area contributed by atoms with Crippen LogP contribution < -0.4 is 10.1 Å². The Labute approximate surface area is 153 Å². The van der Waals surface area contributed by atoms with Crippen LogP contribution in [0.3, 0.4) is 0 Å². The van der Waals surface area contributed by atoms with Crippen molar-refractivity contribution in [2.75, 3.05) is 19.5 Å². The maximum Gasteiger partial charge on any atom is 0.338 e. The van der Waals surface area contributed by atoms with Gasteiger partial charge in [-0.15, -0.1) is 0 Å². The average molecular weight is 349 g/mol.